The van der Waals surface area contributed by atoms with E-state index in [2.05, 4.69) is 29.4 Å². The molecule has 0 aliphatic carbocycles. The maximum atomic E-state index is 12.1. The summed E-state index contributed by atoms with van der Waals surface area (Å²) < 4.78 is 4.84. The van der Waals surface area contributed by atoms with Crippen LogP contribution < -0.4 is 16.4 Å². The van der Waals surface area contributed by atoms with Crippen molar-refractivity contribution in [2.45, 2.75) is 19.9 Å². The molecule has 24 heavy (non-hydrogen) atoms. The van der Waals surface area contributed by atoms with Crippen LogP contribution in [-0.4, -0.2) is 62.7 Å². The van der Waals surface area contributed by atoms with Crippen molar-refractivity contribution in [1.29, 1.82) is 0 Å². The largest absolute Gasteiger partial charge is 0.383 e. The molecule has 4 N–H and O–H groups in total. The molecule has 134 valence electrons. The Morgan fingerprint density at radius 3 is 2.38 bits per heavy atom. The molecule has 0 bridgehead atoms. The summed E-state index contributed by atoms with van der Waals surface area (Å²) in [5.74, 6) is -0.454. The number of likely N-dealkylation sites (N-methyl/N-ethyl adjacent to an activating group) is 1. The van der Waals surface area contributed by atoms with E-state index in [1.807, 2.05) is 0 Å². The monoisotopic (exact) mass is 336 g/mol. The van der Waals surface area contributed by atoms with Crippen LogP contribution >= 0.6 is 0 Å². The summed E-state index contributed by atoms with van der Waals surface area (Å²) in [5.41, 5.74) is 6.79. The van der Waals surface area contributed by atoms with Gasteiger partial charge in [0, 0.05) is 31.5 Å². The number of methoxy groups -OCH3 is 1. The van der Waals surface area contributed by atoms with Gasteiger partial charge in [-0.1, -0.05) is 13.8 Å². The van der Waals surface area contributed by atoms with Crippen molar-refractivity contribution in [3.05, 3.63) is 29.8 Å². The standard InChI is InChI=1S/C17H28N4O3/c1-4-21(5-2)11-10-19-16(22)13-6-8-14(9-7-13)20-17(23)15(18)12-24-3/h6-9,15H,4-5,10-12,18H2,1-3H3,(H,19,22)(H,20,23). The number of hydrogen-bond donors (Lipinski definition) is 3. The van der Waals surface area contributed by atoms with Crippen LogP contribution in [0.4, 0.5) is 5.69 Å². The number of benzene rings is 1. The van der Waals surface area contributed by atoms with Crippen molar-refractivity contribution in [2.24, 2.45) is 5.73 Å². The fourth-order valence-corrected chi connectivity index (χ4v) is 2.16. The summed E-state index contributed by atoms with van der Waals surface area (Å²) >= 11 is 0. The summed E-state index contributed by atoms with van der Waals surface area (Å²) in [7, 11) is 1.49. The number of anilines is 1. The zero-order valence-electron chi connectivity index (χ0n) is 14.7. The highest BCUT2D eigenvalue weighted by molar-refractivity contribution is 5.97. The van der Waals surface area contributed by atoms with Gasteiger partial charge in [0.25, 0.3) is 5.91 Å². The lowest BCUT2D eigenvalue weighted by atomic mass is 10.2. The van der Waals surface area contributed by atoms with Crippen LogP contribution in [0.2, 0.25) is 0 Å². The van der Waals surface area contributed by atoms with Gasteiger partial charge in [0.2, 0.25) is 5.91 Å². The minimum atomic E-state index is -0.724. The molecule has 2 amide bonds. The average Bonchev–Trinajstić information content (AvgIpc) is 2.59. The first kappa shape index (κ1) is 20.1. The van der Waals surface area contributed by atoms with Gasteiger partial charge in [-0.2, -0.15) is 0 Å². The maximum Gasteiger partial charge on any atom is 0.251 e. The van der Waals surface area contributed by atoms with Crippen LogP contribution in [0.15, 0.2) is 24.3 Å². The molecule has 0 aromatic heterocycles. The predicted molar refractivity (Wildman–Crippen MR) is 95.0 cm³/mol. The van der Waals surface area contributed by atoms with Crippen LogP contribution in [0.3, 0.4) is 0 Å². The number of amides is 2. The van der Waals surface area contributed by atoms with E-state index in [4.69, 9.17) is 10.5 Å². The zero-order chi connectivity index (χ0) is 17.9. The van der Waals surface area contributed by atoms with E-state index in [1.165, 1.54) is 7.11 Å². The SMILES string of the molecule is CCN(CC)CCNC(=O)c1ccc(NC(=O)C(N)COC)cc1. The quantitative estimate of drug-likeness (QED) is 0.583. The number of nitrogens with one attached hydrogen (secondary N) is 2. The fourth-order valence-electron chi connectivity index (χ4n) is 2.16. The summed E-state index contributed by atoms with van der Waals surface area (Å²) in [6.07, 6.45) is 0. The highest BCUT2D eigenvalue weighted by Gasteiger charge is 2.13. The first-order valence-corrected chi connectivity index (χ1v) is 8.17. The zero-order valence-corrected chi connectivity index (χ0v) is 14.7. The molecular formula is C17H28N4O3. The Balaban J connectivity index is 2.48. The van der Waals surface area contributed by atoms with Crippen molar-refractivity contribution < 1.29 is 14.3 Å². The molecule has 0 radical (unpaired) electrons. The third-order valence-electron chi connectivity index (χ3n) is 3.71. The van der Waals surface area contributed by atoms with E-state index in [0.29, 0.717) is 17.8 Å². The van der Waals surface area contributed by atoms with Crippen molar-refractivity contribution in [3.63, 3.8) is 0 Å². The van der Waals surface area contributed by atoms with Gasteiger partial charge in [-0.3, -0.25) is 9.59 Å². The molecule has 1 rings (SSSR count). The number of carbonyl (C=O) groups is 2. The van der Waals surface area contributed by atoms with Gasteiger partial charge in [-0.05, 0) is 37.4 Å². The molecule has 0 spiro atoms. The molecule has 1 aromatic carbocycles. The highest BCUT2D eigenvalue weighted by atomic mass is 16.5. The van der Waals surface area contributed by atoms with Gasteiger partial charge in [0.05, 0.1) is 6.61 Å². The lowest BCUT2D eigenvalue weighted by Crippen LogP contribution is -2.39. The van der Waals surface area contributed by atoms with Gasteiger partial charge in [-0.15, -0.1) is 0 Å². The molecule has 0 aliphatic rings. The van der Waals surface area contributed by atoms with E-state index in [0.717, 1.165) is 19.6 Å². The number of ether oxygens (including phenoxy) is 1. The maximum absolute atomic E-state index is 12.1. The van der Waals surface area contributed by atoms with Crippen LogP contribution in [0, 0.1) is 0 Å². The van der Waals surface area contributed by atoms with Crippen LogP contribution in [0.25, 0.3) is 0 Å². The van der Waals surface area contributed by atoms with E-state index < -0.39 is 6.04 Å². The van der Waals surface area contributed by atoms with E-state index in [1.54, 1.807) is 24.3 Å². The Morgan fingerprint density at radius 1 is 1.21 bits per heavy atom. The highest BCUT2D eigenvalue weighted by Crippen LogP contribution is 2.10. The van der Waals surface area contributed by atoms with E-state index in [9.17, 15) is 9.59 Å². The van der Waals surface area contributed by atoms with Crippen molar-refractivity contribution in [2.75, 3.05) is 45.2 Å². The van der Waals surface area contributed by atoms with Gasteiger partial charge < -0.3 is 26.0 Å². The molecule has 0 heterocycles. The normalized spacial score (nSPS) is 12.0. The van der Waals surface area contributed by atoms with E-state index in [-0.39, 0.29) is 18.4 Å². The Labute approximate surface area is 143 Å². The third kappa shape index (κ3) is 6.66. The average molecular weight is 336 g/mol. The molecule has 0 fully saturated rings. The van der Waals surface area contributed by atoms with Crippen molar-refractivity contribution in [1.82, 2.24) is 10.2 Å². The molecule has 7 nitrogen and oxygen atoms in total. The Bertz CT molecular complexity index is 515. The Kier molecular flexibility index (Phi) is 8.99. The predicted octanol–water partition coefficient (Wildman–Crippen LogP) is 0.670. The number of rotatable bonds is 10. The smallest absolute Gasteiger partial charge is 0.251 e. The summed E-state index contributed by atoms with van der Waals surface area (Å²) in [4.78, 5) is 26.1. The topological polar surface area (TPSA) is 96.7 Å². The number of hydrogen-bond acceptors (Lipinski definition) is 5. The third-order valence-corrected chi connectivity index (χ3v) is 3.71. The number of carbonyl (C=O) groups excluding carboxylic acids is 2. The van der Waals surface area contributed by atoms with Crippen molar-refractivity contribution in [3.8, 4) is 0 Å². The molecular weight excluding hydrogens is 308 g/mol. The lowest BCUT2D eigenvalue weighted by molar-refractivity contribution is -0.118. The minimum absolute atomic E-state index is 0.129. The van der Waals surface area contributed by atoms with Gasteiger partial charge in [-0.25, -0.2) is 0 Å². The first-order valence-electron chi connectivity index (χ1n) is 8.17. The summed E-state index contributed by atoms with van der Waals surface area (Å²) in [6, 6.07) is 5.97. The molecule has 1 aromatic rings. The van der Waals surface area contributed by atoms with Gasteiger partial charge >= 0.3 is 0 Å². The van der Waals surface area contributed by atoms with Crippen LogP contribution in [0.1, 0.15) is 24.2 Å². The molecule has 0 saturated carbocycles. The first-order chi connectivity index (χ1) is 11.5. The van der Waals surface area contributed by atoms with Crippen LogP contribution in [0.5, 0.6) is 0 Å². The second-order valence-electron chi connectivity index (χ2n) is 5.41. The minimum Gasteiger partial charge on any atom is -0.383 e. The molecule has 0 saturated heterocycles. The molecule has 1 unspecified atom stereocenters. The fraction of sp³-hybridized carbons (Fsp3) is 0.529. The summed E-state index contributed by atoms with van der Waals surface area (Å²) in [6.45, 7) is 7.69. The Morgan fingerprint density at radius 2 is 1.83 bits per heavy atom. The van der Waals surface area contributed by atoms with Crippen molar-refractivity contribution >= 4 is 17.5 Å². The van der Waals surface area contributed by atoms with Gasteiger partial charge in [0.15, 0.2) is 0 Å². The number of nitrogens with zero attached hydrogens (tertiary/aromatic N) is 1. The van der Waals surface area contributed by atoms with E-state index >= 15 is 0 Å². The van der Waals surface area contributed by atoms with Crippen LogP contribution in [-0.2, 0) is 9.53 Å². The lowest BCUT2D eigenvalue weighted by Gasteiger charge is -2.18. The Hall–Kier alpha value is -1.96. The molecule has 7 heteroatoms. The molecule has 0 aliphatic heterocycles. The van der Waals surface area contributed by atoms with Gasteiger partial charge in [0.1, 0.15) is 6.04 Å². The molecule has 1 atom stereocenters. The second-order valence-corrected chi connectivity index (χ2v) is 5.41. The second kappa shape index (κ2) is 10.7. The summed E-state index contributed by atoms with van der Waals surface area (Å²) in [5, 5.41) is 5.57. The number of nitrogens with two attached hydrogens (primary N) is 1.